The van der Waals surface area contributed by atoms with Gasteiger partial charge >= 0.3 is 12.2 Å². The highest BCUT2D eigenvalue weighted by Crippen LogP contribution is 2.06. The van der Waals surface area contributed by atoms with Crippen molar-refractivity contribution in [3.63, 3.8) is 0 Å². The molecule has 1 amide bonds. The van der Waals surface area contributed by atoms with Crippen LogP contribution in [0.4, 0.5) is 4.79 Å². The van der Waals surface area contributed by atoms with E-state index in [9.17, 15) is 4.79 Å². The van der Waals surface area contributed by atoms with Crippen LogP contribution in [0.15, 0.2) is 5.10 Å². The maximum absolute atomic E-state index is 11.5. The average molecular weight is 326 g/mol. The fraction of sp³-hybridized carbons (Fsp3) is 0.667. The number of amides is 1. The number of ether oxygens (including phenoxy) is 1. The van der Waals surface area contributed by atoms with Gasteiger partial charge in [0.05, 0.1) is 0 Å². The fourth-order valence-corrected chi connectivity index (χ4v) is 1.58. The van der Waals surface area contributed by atoms with Crippen molar-refractivity contribution in [2.45, 2.75) is 65.8 Å². The Bertz CT molecular complexity index is 470. The molecule has 0 radical (unpaired) electrons. The second-order valence-corrected chi connectivity index (χ2v) is 11.3. The Labute approximate surface area is 133 Å². The molecule has 0 fully saturated rings. The average Bonchev–Trinajstić information content (AvgIpc) is 2.30. The van der Waals surface area contributed by atoms with E-state index in [4.69, 9.17) is 14.3 Å². The molecule has 7 heteroatoms. The minimum absolute atomic E-state index is 0.250. The molecule has 0 aromatic carbocycles. The Morgan fingerprint density at radius 2 is 1.73 bits per heavy atom. The van der Waals surface area contributed by atoms with Crippen LogP contribution >= 0.6 is 0 Å². The Hall–Kier alpha value is -1.90. The van der Waals surface area contributed by atoms with Crippen LogP contribution in [0.3, 0.4) is 0 Å². The van der Waals surface area contributed by atoms with Crippen molar-refractivity contribution < 1.29 is 19.1 Å². The summed E-state index contributed by atoms with van der Waals surface area (Å²) in [4.78, 5) is 27.7. The molecule has 0 rings (SSSR count). The van der Waals surface area contributed by atoms with E-state index in [2.05, 4.69) is 48.6 Å². The smallest absolute Gasteiger partial charge is 0.428 e. The van der Waals surface area contributed by atoms with Crippen LogP contribution in [-0.4, -0.2) is 31.6 Å². The van der Waals surface area contributed by atoms with E-state index in [0.717, 1.165) is 12.8 Å². The maximum Gasteiger partial charge on any atom is 0.428 e. The van der Waals surface area contributed by atoms with Crippen LogP contribution in [-0.2, 0) is 14.3 Å². The van der Waals surface area contributed by atoms with Crippen LogP contribution in [0.25, 0.3) is 0 Å². The van der Waals surface area contributed by atoms with Gasteiger partial charge in [0, 0.05) is 0 Å². The highest BCUT2D eigenvalue weighted by molar-refractivity contribution is 6.84. The zero-order valence-corrected chi connectivity index (χ0v) is 15.5. The summed E-state index contributed by atoms with van der Waals surface area (Å²) < 4.78 is 5.12. The zero-order valence-electron chi connectivity index (χ0n) is 14.5. The van der Waals surface area contributed by atoms with Crippen LogP contribution in [0.1, 0.15) is 40.5 Å². The molecule has 0 atom stereocenters. The summed E-state index contributed by atoms with van der Waals surface area (Å²) in [6, 6.07) is 0. The van der Waals surface area contributed by atoms with Crippen molar-refractivity contribution in [3.8, 4) is 11.5 Å². The molecule has 0 unspecified atom stereocenters. The van der Waals surface area contributed by atoms with Crippen molar-refractivity contribution in [2.75, 3.05) is 0 Å². The van der Waals surface area contributed by atoms with Gasteiger partial charge in [0.25, 0.3) is 0 Å². The Kier molecular flexibility index (Phi) is 11.0. The lowest BCUT2D eigenvalue weighted by Gasteiger charge is -2.18. The quantitative estimate of drug-likeness (QED) is 0.374. The molecule has 0 heterocycles. The minimum Gasteiger partial charge on any atom is -0.443 e. The lowest BCUT2D eigenvalue weighted by atomic mass is 10.2. The van der Waals surface area contributed by atoms with Gasteiger partial charge in [-0.2, -0.15) is 14.7 Å². The molecule has 0 aliphatic rings. The molecule has 0 saturated carbocycles. The minimum atomic E-state index is -1.43. The number of hydrogen-bond acceptors (Lipinski definition) is 5. The second kappa shape index (κ2) is 10.8. The van der Waals surface area contributed by atoms with E-state index in [-0.39, 0.29) is 6.15 Å². The van der Waals surface area contributed by atoms with Crippen LogP contribution in [0.5, 0.6) is 0 Å². The number of rotatable bonds is 3. The lowest BCUT2D eigenvalue weighted by Crippen LogP contribution is -2.30. The molecular weight excluding hydrogens is 300 g/mol. The van der Waals surface area contributed by atoms with Crippen LogP contribution in [0, 0.1) is 11.5 Å². The molecule has 0 aromatic heterocycles. The summed E-state index contributed by atoms with van der Waals surface area (Å²) in [5, 5.41) is 4.04. The first-order chi connectivity index (χ1) is 9.95. The molecule has 22 heavy (non-hydrogen) atoms. The van der Waals surface area contributed by atoms with Crippen molar-refractivity contribution in [2.24, 2.45) is 5.10 Å². The summed E-state index contributed by atoms with van der Waals surface area (Å²) in [6.45, 7) is 14.0. The van der Waals surface area contributed by atoms with E-state index in [1.54, 1.807) is 0 Å². The predicted molar refractivity (Wildman–Crippen MR) is 87.8 cm³/mol. The van der Waals surface area contributed by atoms with Gasteiger partial charge in [-0.25, -0.2) is 10.2 Å². The van der Waals surface area contributed by atoms with Crippen molar-refractivity contribution in [1.29, 1.82) is 0 Å². The summed E-state index contributed by atoms with van der Waals surface area (Å²) in [7, 11) is -1.43. The van der Waals surface area contributed by atoms with E-state index >= 15 is 0 Å². The largest absolute Gasteiger partial charge is 0.443 e. The van der Waals surface area contributed by atoms with Gasteiger partial charge in [0.1, 0.15) is 19.4 Å². The van der Waals surface area contributed by atoms with Gasteiger partial charge in [-0.05, 0) is 33.6 Å². The van der Waals surface area contributed by atoms with E-state index in [0.29, 0.717) is 5.71 Å². The summed E-state index contributed by atoms with van der Waals surface area (Å²) >= 11 is 0. The Balaban J connectivity index is 0. The first kappa shape index (κ1) is 22.4. The monoisotopic (exact) mass is 326 g/mol. The second-order valence-electron chi connectivity index (χ2n) is 6.51. The number of carbonyl (C=O) groups excluding carboxylic acids is 3. The van der Waals surface area contributed by atoms with Gasteiger partial charge in [-0.15, -0.1) is 5.54 Å². The molecule has 0 spiro atoms. The molecule has 0 aliphatic carbocycles. The third-order valence-corrected chi connectivity index (χ3v) is 2.62. The Morgan fingerprint density at radius 3 is 2.09 bits per heavy atom. The zero-order chi connectivity index (χ0) is 17.8. The van der Waals surface area contributed by atoms with E-state index in [1.807, 2.05) is 20.8 Å². The number of hydrogen-bond donors (Lipinski definition) is 1. The van der Waals surface area contributed by atoms with Crippen molar-refractivity contribution in [3.05, 3.63) is 0 Å². The van der Waals surface area contributed by atoms with Gasteiger partial charge in [-0.1, -0.05) is 32.5 Å². The molecule has 1 N–H and O–H groups in total. The third kappa shape index (κ3) is 18.1. The molecular formula is C15H26N2O4Si. The molecule has 0 aromatic rings. The molecule has 124 valence electrons. The predicted octanol–water partition coefficient (Wildman–Crippen LogP) is 2.96. The van der Waals surface area contributed by atoms with E-state index < -0.39 is 19.8 Å². The van der Waals surface area contributed by atoms with Crippen LogP contribution < -0.4 is 5.43 Å². The van der Waals surface area contributed by atoms with Gasteiger partial charge in [-0.3, -0.25) is 0 Å². The first-order valence-corrected chi connectivity index (χ1v) is 10.5. The van der Waals surface area contributed by atoms with Gasteiger partial charge < -0.3 is 4.74 Å². The molecule has 0 aliphatic heterocycles. The molecule has 0 bridgehead atoms. The van der Waals surface area contributed by atoms with Crippen molar-refractivity contribution >= 4 is 26.0 Å². The third-order valence-electron chi connectivity index (χ3n) is 1.75. The highest BCUT2D eigenvalue weighted by atomic mass is 28.3. The van der Waals surface area contributed by atoms with Gasteiger partial charge in [0.2, 0.25) is 0 Å². The standard InChI is InChI=1S/C14H26N2O2Si.CO2/c1-8-9-12(10-11-19(5,6)7)15-16-13(17)18-14(2,3)4;2-1-3/h8-9H2,1-7H3,(H,16,17);/b15-12-;. The van der Waals surface area contributed by atoms with Crippen molar-refractivity contribution in [1.82, 2.24) is 5.43 Å². The lowest BCUT2D eigenvalue weighted by molar-refractivity contribution is -0.191. The number of hydrazone groups is 1. The van der Waals surface area contributed by atoms with Gasteiger partial charge in [0.15, 0.2) is 0 Å². The molecule has 0 saturated heterocycles. The fourth-order valence-electron chi connectivity index (χ4n) is 1.06. The summed E-state index contributed by atoms with van der Waals surface area (Å²) in [5.74, 6) is 3.07. The summed E-state index contributed by atoms with van der Waals surface area (Å²) in [6.07, 6.45) is 1.40. The number of carbonyl (C=O) groups is 1. The number of nitrogens with one attached hydrogen (secondary N) is 1. The SMILES string of the molecule is CCC/C(C#C[Si](C)(C)C)=N/NC(=O)OC(C)(C)C.O=C=O. The maximum atomic E-state index is 11.5. The van der Waals surface area contributed by atoms with Crippen LogP contribution in [0.2, 0.25) is 19.6 Å². The highest BCUT2D eigenvalue weighted by Gasteiger charge is 2.15. The number of nitrogens with zero attached hydrogens (tertiary/aromatic N) is 1. The normalized spacial score (nSPS) is 11.1. The Morgan fingerprint density at radius 1 is 1.23 bits per heavy atom. The van der Waals surface area contributed by atoms with E-state index in [1.165, 1.54) is 0 Å². The first-order valence-electron chi connectivity index (χ1n) is 7.03. The topological polar surface area (TPSA) is 84.8 Å². The molecule has 6 nitrogen and oxygen atoms in total. The summed E-state index contributed by atoms with van der Waals surface area (Å²) in [5.41, 5.74) is 5.83.